The zero-order valence-electron chi connectivity index (χ0n) is 11.0. The Bertz CT molecular complexity index is 636. The molecule has 1 aliphatic rings. The minimum absolute atomic E-state index is 0.0531. The van der Waals surface area contributed by atoms with Crippen LogP contribution in [0.2, 0.25) is 0 Å². The molecule has 0 amide bonds. The Balaban J connectivity index is 2.61. The first-order chi connectivity index (χ1) is 8.68. The third-order valence-corrected chi connectivity index (χ3v) is 5.38. The molecular weight excluding hydrogens is 286 g/mol. The molecule has 1 aromatic carbocycles. The summed E-state index contributed by atoms with van der Waals surface area (Å²) in [4.78, 5) is 2.12. The minimum Gasteiger partial charge on any atom is -0.371 e. The van der Waals surface area contributed by atoms with E-state index in [1.54, 1.807) is 12.1 Å². The van der Waals surface area contributed by atoms with Crippen LogP contribution in [0.5, 0.6) is 0 Å². The quantitative estimate of drug-likeness (QED) is 0.836. The Kier molecular flexibility index (Phi) is 3.61. The predicted molar refractivity (Wildman–Crippen MR) is 74.1 cm³/mol. The highest BCUT2D eigenvalue weighted by Gasteiger charge is 2.19. The normalized spacial score (nSPS) is 16.8. The molecule has 5 nitrogen and oxygen atoms in total. The smallest absolute Gasteiger partial charge is 0.175 e. The summed E-state index contributed by atoms with van der Waals surface area (Å²) in [7, 11) is -6.86. The summed E-state index contributed by atoms with van der Waals surface area (Å²) in [5, 5.41) is 0. The molecule has 0 radical (unpaired) electrons. The molecule has 1 aliphatic heterocycles. The van der Waals surface area contributed by atoms with Gasteiger partial charge >= 0.3 is 0 Å². The molecule has 7 heteroatoms. The van der Waals surface area contributed by atoms with Gasteiger partial charge in [-0.2, -0.15) is 0 Å². The van der Waals surface area contributed by atoms with Crippen LogP contribution in [-0.4, -0.2) is 42.4 Å². The van der Waals surface area contributed by atoms with Crippen LogP contribution in [0.1, 0.15) is 12.8 Å². The molecule has 0 spiro atoms. The van der Waals surface area contributed by atoms with E-state index in [-0.39, 0.29) is 9.79 Å². The van der Waals surface area contributed by atoms with Crippen molar-refractivity contribution in [3.8, 4) is 0 Å². The monoisotopic (exact) mass is 303 g/mol. The summed E-state index contributed by atoms with van der Waals surface area (Å²) < 4.78 is 46.7. The number of nitrogens with zero attached hydrogens (tertiary/aromatic N) is 1. The van der Waals surface area contributed by atoms with E-state index in [9.17, 15) is 16.8 Å². The first-order valence-electron chi connectivity index (χ1n) is 5.98. The van der Waals surface area contributed by atoms with Crippen LogP contribution in [0.15, 0.2) is 28.0 Å². The third kappa shape index (κ3) is 3.27. The fourth-order valence-corrected chi connectivity index (χ4v) is 3.57. The Morgan fingerprint density at radius 2 is 1.26 bits per heavy atom. The molecule has 19 heavy (non-hydrogen) atoms. The van der Waals surface area contributed by atoms with Gasteiger partial charge in [-0.3, -0.25) is 0 Å². The standard InChI is InChI=1S/C12H17NO4S2/c1-18(14,15)11-7-10(13-5-3-4-6-13)8-12(9-11)19(2,16)17/h7-9H,3-6H2,1-2H3. The number of anilines is 1. The van der Waals surface area contributed by atoms with Gasteiger partial charge in [-0.15, -0.1) is 0 Å². The Labute approximate surface area is 114 Å². The predicted octanol–water partition coefficient (Wildman–Crippen LogP) is 1.09. The van der Waals surface area contributed by atoms with Crippen LogP contribution >= 0.6 is 0 Å². The Morgan fingerprint density at radius 1 is 0.842 bits per heavy atom. The lowest BCUT2D eigenvalue weighted by molar-refractivity contribution is 0.600. The molecule has 0 atom stereocenters. The van der Waals surface area contributed by atoms with Crippen molar-refractivity contribution in [2.75, 3.05) is 30.5 Å². The zero-order chi connectivity index (χ0) is 14.3. The number of hydrogen-bond donors (Lipinski definition) is 0. The summed E-state index contributed by atoms with van der Waals surface area (Å²) in [6, 6.07) is 4.33. The molecule has 1 saturated heterocycles. The van der Waals surface area contributed by atoms with E-state index in [4.69, 9.17) is 0 Å². The van der Waals surface area contributed by atoms with E-state index in [0.29, 0.717) is 5.69 Å². The van der Waals surface area contributed by atoms with Gasteiger partial charge < -0.3 is 4.90 Å². The van der Waals surface area contributed by atoms with Gasteiger partial charge in [0.25, 0.3) is 0 Å². The molecule has 0 unspecified atom stereocenters. The van der Waals surface area contributed by atoms with Crippen molar-refractivity contribution >= 4 is 25.4 Å². The molecule has 106 valence electrons. The lowest BCUT2D eigenvalue weighted by atomic mass is 10.3. The highest BCUT2D eigenvalue weighted by Crippen LogP contribution is 2.27. The molecule has 1 heterocycles. The lowest BCUT2D eigenvalue weighted by Crippen LogP contribution is -2.18. The molecule has 0 aromatic heterocycles. The number of hydrogen-bond acceptors (Lipinski definition) is 5. The summed E-state index contributed by atoms with van der Waals surface area (Å²) >= 11 is 0. The summed E-state index contributed by atoms with van der Waals surface area (Å²) in [5.74, 6) is 0. The van der Waals surface area contributed by atoms with E-state index in [0.717, 1.165) is 38.4 Å². The average molecular weight is 303 g/mol. The van der Waals surface area contributed by atoms with Crippen molar-refractivity contribution in [1.82, 2.24) is 0 Å². The first-order valence-corrected chi connectivity index (χ1v) is 9.76. The highest BCUT2D eigenvalue weighted by atomic mass is 32.2. The van der Waals surface area contributed by atoms with Gasteiger partial charge in [0.05, 0.1) is 9.79 Å². The van der Waals surface area contributed by atoms with Crippen molar-refractivity contribution in [2.24, 2.45) is 0 Å². The summed E-state index contributed by atoms with van der Waals surface area (Å²) in [6.45, 7) is 1.66. The number of rotatable bonds is 3. The molecule has 1 fully saturated rings. The van der Waals surface area contributed by atoms with Crippen molar-refractivity contribution in [1.29, 1.82) is 0 Å². The summed E-state index contributed by atoms with van der Waals surface area (Å²) in [6.07, 6.45) is 4.25. The largest absolute Gasteiger partial charge is 0.371 e. The average Bonchev–Trinajstić information content (AvgIpc) is 2.79. The maximum Gasteiger partial charge on any atom is 0.175 e. The fourth-order valence-electron chi connectivity index (χ4n) is 2.14. The lowest BCUT2D eigenvalue weighted by Gasteiger charge is -2.19. The second kappa shape index (κ2) is 4.79. The van der Waals surface area contributed by atoms with E-state index in [1.165, 1.54) is 6.07 Å². The second-order valence-electron chi connectivity index (χ2n) is 4.90. The van der Waals surface area contributed by atoms with E-state index in [2.05, 4.69) is 0 Å². The minimum atomic E-state index is -3.43. The van der Waals surface area contributed by atoms with Gasteiger partial charge in [0.2, 0.25) is 0 Å². The highest BCUT2D eigenvalue weighted by molar-refractivity contribution is 7.91. The number of sulfone groups is 2. The van der Waals surface area contributed by atoms with Crippen LogP contribution < -0.4 is 4.90 Å². The van der Waals surface area contributed by atoms with Gasteiger partial charge in [-0.25, -0.2) is 16.8 Å². The molecular formula is C12H17NO4S2. The molecule has 0 N–H and O–H groups in total. The molecule has 2 rings (SSSR count). The topological polar surface area (TPSA) is 71.5 Å². The SMILES string of the molecule is CS(=O)(=O)c1cc(N2CCCC2)cc(S(C)(=O)=O)c1. The number of benzene rings is 1. The zero-order valence-corrected chi connectivity index (χ0v) is 12.6. The molecule has 0 saturated carbocycles. The van der Waals surface area contributed by atoms with Gasteiger partial charge in [0.1, 0.15) is 0 Å². The van der Waals surface area contributed by atoms with Gasteiger partial charge in [0.15, 0.2) is 19.7 Å². The van der Waals surface area contributed by atoms with Crippen LogP contribution in [0.3, 0.4) is 0 Å². The van der Waals surface area contributed by atoms with Crippen LogP contribution in [0, 0.1) is 0 Å². The maximum absolute atomic E-state index is 11.7. The van der Waals surface area contributed by atoms with Gasteiger partial charge in [-0.05, 0) is 31.0 Å². The van der Waals surface area contributed by atoms with Crippen molar-refractivity contribution < 1.29 is 16.8 Å². The Morgan fingerprint density at radius 3 is 1.63 bits per heavy atom. The van der Waals surface area contributed by atoms with Crippen LogP contribution in [-0.2, 0) is 19.7 Å². The van der Waals surface area contributed by atoms with Crippen LogP contribution in [0.4, 0.5) is 5.69 Å². The van der Waals surface area contributed by atoms with E-state index < -0.39 is 19.7 Å². The summed E-state index contributed by atoms with van der Waals surface area (Å²) in [5.41, 5.74) is 0.667. The van der Waals surface area contributed by atoms with E-state index in [1.807, 2.05) is 4.90 Å². The molecule has 1 aromatic rings. The van der Waals surface area contributed by atoms with Gasteiger partial charge in [-0.1, -0.05) is 0 Å². The van der Waals surface area contributed by atoms with Crippen molar-refractivity contribution in [3.63, 3.8) is 0 Å². The molecule has 0 bridgehead atoms. The van der Waals surface area contributed by atoms with E-state index >= 15 is 0 Å². The van der Waals surface area contributed by atoms with Gasteiger partial charge in [0, 0.05) is 31.3 Å². The third-order valence-electron chi connectivity index (χ3n) is 3.19. The first kappa shape index (κ1) is 14.3. The molecule has 0 aliphatic carbocycles. The Hall–Kier alpha value is -1.08. The second-order valence-corrected chi connectivity index (χ2v) is 8.93. The van der Waals surface area contributed by atoms with Crippen LogP contribution in [0.25, 0.3) is 0 Å². The fraction of sp³-hybridized carbons (Fsp3) is 0.500. The van der Waals surface area contributed by atoms with Crippen molar-refractivity contribution in [2.45, 2.75) is 22.6 Å². The van der Waals surface area contributed by atoms with Crippen molar-refractivity contribution in [3.05, 3.63) is 18.2 Å². The maximum atomic E-state index is 11.7.